The summed E-state index contributed by atoms with van der Waals surface area (Å²) in [5, 5.41) is 13.1. The normalized spacial score (nSPS) is 17.2. The van der Waals surface area contributed by atoms with Crippen LogP contribution in [0.1, 0.15) is 52.0 Å². The summed E-state index contributed by atoms with van der Waals surface area (Å²) in [4.78, 5) is 6.46. The van der Waals surface area contributed by atoms with Crippen molar-refractivity contribution in [2.45, 2.75) is 46.5 Å². The minimum atomic E-state index is 0.0495. The Morgan fingerprint density at radius 2 is 1.95 bits per heavy atom. The Morgan fingerprint density at radius 1 is 1.27 bits per heavy atom. The summed E-state index contributed by atoms with van der Waals surface area (Å²) < 4.78 is 5.88. The third kappa shape index (κ3) is 4.61. The minimum absolute atomic E-state index is 0.0495. The average Bonchev–Trinajstić information content (AvgIpc) is 2.75. The molecule has 1 aromatic heterocycles. The molecule has 0 saturated carbocycles. The number of aromatic nitrogens is 1. The summed E-state index contributed by atoms with van der Waals surface area (Å²) in [6.45, 7) is 8.73. The van der Waals surface area contributed by atoms with Crippen molar-refractivity contribution >= 4 is 5.84 Å². The van der Waals surface area contributed by atoms with Gasteiger partial charge in [-0.2, -0.15) is 0 Å². The molecule has 2 heterocycles. The largest absolute Gasteiger partial charge is 0.477 e. The SMILES string of the molecule is CC(C)(C)COc1ncccc1/C(=N/O)N1CCCCCC1. The predicted molar refractivity (Wildman–Crippen MR) is 87.6 cm³/mol. The van der Waals surface area contributed by atoms with Crippen LogP contribution in [0.4, 0.5) is 0 Å². The average molecular weight is 305 g/mol. The summed E-state index contributed by atoms with van der Waals surface area (Å²) in [7, 11) is 0. The molecular formula is C17H27N3O2. The molecule has 0 spiro atoms. The highest BCUT2D eigenvalue weighted by Crippen LogP contribution is 2.22. The van der Waals surface area contributed by atoms with Crippen LogP contribution in [0.5, 0.6) is 5.88 Å². The van der Waals surface area contributed by atoms with Crippen molar-refractivity contribution in [3.05, 3.63) is 23.9 Å². The van der Waals surface area contributed by atoms with Crippen LogP contribution < -0.4 is 4.74 Å². The third-order valence-electron chi connectivity index (χ3n) is 3.65. The zero-order valence-corrected chi connectivity index (χ0v) is 13.9. The number of ether oxygens (including phenoxy) is 1. The lowest BCUT2D eigenvalue weighted by atomic mass is 9.99. The second kappa shape index (κ2) is 7.47. The van der Waals surface area contributed by atoms with Gasteiger partial charge in [-0.05, 0) is 30.4 Å². The van der Waals surface area contributed by atoms with Crippen molar-refractivity contribution in [1.29, 1.82) is 0 Å². The molecule has 0 bridgehead atoms. The molecule has 1 saturated heterocycles. The number of pyridine rings is 1. The number of oxime groups is 1. The van der Waals surface area contributed by atoms with Gasteiger partial charge >= 0.3 is 0 Å². The Hall–Kier alpha value is -1.78. The smallest absolute Gasteiger partial charge is 0.224 e. The number of amidine groups is 1. The maximum Gasteiger partial charge on any atom is 0.224 e. The molecule has 5 nitrogen and oxygen atoms in total. The zero-order valence-electron chi connectivity index (χ0n) is 13.9. The summed E-state index contributed by atoms with van der Waals surface area (Å²) in [6, 6.07) is 3.76. The van der Waals surface area contributed by atoms with Crippen LogP contribution in [0.25, 0.3) is 0 Å². The van der Waals surface area contributed by atoms with Gasteiger partial charge in [-0.15, -0.1) is 0 Å². The van der Waals surface area contributed by atoms with E-state index in [4.69, 9.17) is 4.74 Å². The minimum Gasteiger partial charge on any atom is -0.477 e. The first-order chi connectivity index (χ1) is 10.5. The topological polar surface area (TPSA) is 58.0 Å². The van der Waals surface area contributed by atoms with Crippen molar-refractivity contribution < 1.29 is 9.94 Å². The van der Waals surface area contributed by atoms with Gasteiger partial charge < -0.3 is 14.8 Å². The number of hydrogen-bond donors (Lipinski definition) is 1. The summed E-state index contributed by atoms with van der Waals surface area (Å²) in [5.74, 6) is 1.10. The van der Waals surface area contributed by atoms with Crippen molar-refractivity contribution in [2.24, 2.45) is 10.6 Å². The molecule has 1 fully saturated rings. The molecule has 1 aromatic rings. The first kappa shape index (κ1) is 16.6. The molecule has 0 aromatic carbocycles. The van der Waals surface area contributed by atoms with Gasteiger partial charge in [0.25, 0.3) is 0 Å². The highest BCUT2D eigenvalue weighted by Gasteiger charge is 2.21. The number of nitrogens with zero attached hydrogens (tertiary/aromatic N) is 3. The Morgan fingerprint density at radius 3 is 2.55 bits per heavy atom. The van der Waals surface area contributed by atoms with E-state index in [1.54, 1.807) is 6.20 Å². The van der Waals surface area contributed by atoms with E-state index >= 15 is 0 Å². The first-order valence-corrected chi connectivity index (χ1v) is 8.06. The van der Waals surface area contributed by atoms with E-state index < -0.39 is 0 Å². The van der Waals surface area contributed by atoms with Crippen LogP contribution in [0.3, 0.4) is 0 Å². The maximum absolute atomic E-state index is 9.54. The summed E-state index contributed by atoms with van der Waals surface area (Å²) in [5.41, 5.74) is 0.810. The molecule has 2 rings (SSSR count). The van der Waals surface area contributed by atoms with Gasteiger partial charge in [-0.1, -0.05) is 38.8 Å². The highest BCUT2D eigenvalue weighted by atomic mass is 16.5. The Bertz CT molecular complexity index is 501. The van der Waals surface area contributed by atoms with Crippen LogP contribution in [0, 0.1) is 5.41 Å². The Kier molecular flexibility index (Phi) is 5.63. The third-order valence-corrected chi connectivity index (χ3v) is 3.65. The van der Waals surface area contributed by atoms with Crippen LogP contribution in [0.15, 0.2) is 23.5 Å². The monoisotopic (exact) mass is 305 g/mol. The fourth-order valence-electron chi connectivity index (χ4n) is 2.53. The van der Waals surface area contributed by atoms with Crippen molar-refractivity contribution in [2.75, 3.05) is 19.7 Å². The molecule has 0 radical (unpaired) electrons. The molecule has 122 valence electrons. The molecule has 0 unspecified atom stereocenters. The molecule has 0 aliphatic carbocycles. The van der Waals surface area contributed by atoms with E-state index in [1.807, 2.05) is 12.1 Å². The van der Waals surface area contributed by atoms with Crippen molar-refractivity contribution in [3.8, 4) is 5.88 Å². The van der Waals surface area contributed by atoms with E-state index in [0.29, 0.717) is 18.3 Å². The molecule has 0 atom stereocenters. The second-order valence-corrected chi connectivity index (χ2v) is 7.03. The fourth-order valence-corrected chi connectivity index (χ4v) is 2.53. The lowest BCUT2D eigenvalue weighted by molar-refractivity contribution is 0.190. The first-order valence-electron chi connectivity index (χ1n) is 8.06. The second-order valence-electron chi connectivity index (χ2n) is 7.03. The zero-order chi connectivity index (χ0) is 16.0. The van der Waals surface area contributed by atoms with Gasteiger partial charge in [-0.25, -0.2) is 4.98 Å². The van der Waals surface area contributed by atoms with Gasteiger partial charge in [0.2, 0.25) is 5.88 Å². The van der Waals surface area contributed by atoms with Crippen LogP contribution >= 0.6 is 0 Å². The Labute approximate surface area is 133 Å². The lowest BCUT2D eigenvalue weighted by Crippen LogP contribution is -2.33. The van der Waals surface area contributed by atoms with E-state index in [2.05, 4.69) is 35.8 Å². The number of likely N-dealkylation sites (tertiary alicyclic amines) is 1. The number of rotatable bonds is 3. The molecule has 1 N–H and O–H groups in total. The fraction of sp³-hybridized carbons (Fsp3) is 0.647. The van der Waals surface area contributed by atoms with E-state index in [0.717, 1.165) is 31.5 Å². The van der Waals surface area contributed by atoms with Gasteiger partial charge in [0.15, 0.2) is 5.84 Å². The number of hydrogen-bond acceptors (Lipinski definition) is 4. The molecule has 5 heteroatoms. The maximum atomic E-state index is 9.54. The summed E-state index contributed by atoms with van der Waals surface area (Å²) >= 11 is 0. The lowest BCUT2D eigenvalue weighted by Gasteiger charge is -2.25. The standard InChI is InChI=1S/C17H27N3O2/c1-17(2,3)13-22-16-14(9-8-10-18-16)15(19-21)20-11-6-4-5-7-12-20/h8-10,21H,4-7,11-13H2,1-3H3/b19-15-. The van der Waals surface area contributed by atoms with Gasteiger partial charge in [0.1, 0.15) is 0 Å². The van der Waals surface area contributed by atoms with Gasteiger partial charge in [0.05, 0.1) is 12.2 Å². The molecule has 0 amide bonds. The quantitative estimate of drug-likeness (QED) is 0.402. The van der Waals surface area contributed by atoms with Crippen molar-refractivity contribution in [1.82, 2.24) is 9.88 Å². The highest BCUT2D eigenvalue weighted by molar-refractivity contribution is 6.00. The van der Waals surface area contributed by atoms with E-state index in [9.17, 15) is 5.21 Å². The molecular weight excluding hydrogens is 278 g/mol. The van der Waals surface area contributed by atoms with Crippen LogP contribution in [0.2, 0.25) is 0 Å². The van der Waals surface area contributed by atoms with E-state index in [1.165, 1.54) is 12.8 Å². The summed E-state index contributed by atoms with van der Waals surface area (Å²) in [6.07, 6.45) is 6.42. The van der Waals surface area contributed by atoms with Crippen LogP contribution in [-0.2, 0) is 0 Å². The molecule has 1 aliphatic rings. The predicted octanol–water partition coefficient (Wildman–Crippen LogP) is 3.52. The van der Waals surface area contributed by atoms with Gasteiger partial charge in [0, 0.05) is 19.3 Å². The van der Waals surface area contributed by atoms with Gasteiger partial charge in [-0.3, -0.25) is 0 Å². The molecule has 1 aliphatic heterocycles. The Balaban J connectivity index is 2.21. The molecule has 22 heavy (non-hydrogen) atoms. The van der Waals surface area contributed by atoms with Crippen molar-refractivity contribution in [3.63, 3.8) is 0 Å². The van der Waals surface area contributed by atoms with E-state index in [-0.39, 0.29) is 5.41 Å². The van der Waals surface area contributed by atoms with Crippen LogP contribution in [-0.4, -0.2) is 40.6 Å².